The molecule has 0 aromatic rings. The van der Waals surface area contributed by atoms with Crippen LogP contribution in [0.5, 0.6) is 0 Å². The third-order valence-electron chi connectivity index (χ3n) is 3.35. The van der Waals surface area contributed by atoms with Gasteiger partial charge in [0, 0.05) is 33.2 Å². The van der Waals surface area contributed by atoms with Gasteiger partial charge in [0.25, 0.3) is 0 Å². The standard InChI is InChI=1S/C13H27N3O3/c1-3-4-12(14)13(18)15(2)9-11(17)10-16-5-7-19-8-6-16/h11-12,17H,3-10,14H2,1-2H3. The molecule has 0 aromatic carbocycles. The number of rotatable bonds is 7. The molecule has 0 saturated carbocycles. The first-order valence-electron chi connectivity index (χ1n) is 7.03. The molecule has 0 bridgehead atoms. The zero-order chi connectivity index (χ0) is 14.3. The average Bonchev–Trinajstić information content (AvgIpc) is 2.39. The lowest BCUT2D eigenvalue weighted by Gasteiger charge is -2.30. The maximum atomic E-state index is 11.9. The van der Waals surface area contributed by atoms with Crippen LogP contribution in [0.4, 0.5) is 0 Å². The van der Waals surface area contributed by atoms with Crippen LogP contribution in [0.1, 0.15) is 19.8 Å². The van der Waals surface area contributed by atoms with Crippen molar-refractivity contribution in [3.05, 3.63) is 0 Å². The van der Waals surface area contributed by atoms with Gasteiger partial charge in [-0.15, -0.1) is 0 Å². The Balaban J connectivity index is 2.29. The molecule has 112 valence electrons. The van der Waals surface area contributed by atoms with Crippen LogP contribution < -0.4 is 5.73 Å². The minimum absolute atomic E-state index is 0.0946. The maximum absolute atomic E-state index is 11.9. The summed E-state index contributed by atoms with van der Waals surface area (Å²) in [5, 5.41) is 10.0. The highest BCUT2D eigenvalue weighted by Gasteiger charge is 2.21. The molecule has 1 aliphatic rings. The number of morpholine rings is 1. The molecule has 2 unspecified atom stereocenters. The summed E-state index contributed by atoms with van der Waals surface area (Å²) in [5.41, 5.74) is 5.79. The van der Waals surface area contributed by atoms with Gasteiger partial charge in [-0.1, -0.05) is 13.3 Å². The Labute approximate surface area is 115 Å². The topological polar surface area (TPSA) is 79.0 Å². The van der Waals surface area contributed by atoms with Crippen LogP contribution in [-0.4, -0.2) is 79.4 Å². The molecule has 0 aliphatic carbocycles. The molecule has 1 heterocycles. The minimum Gasteiger partial charge on any atom is -0.390 e. The van der Waals surface area contributed by atoms with Crippen molar-refractivity contribution >= 4 is 5.91 Å². The summed E-state index contributed by atoms with van der Waals surface area (Å²) in [6.45, 7) is 6.00. The molecule has 6 nitrogen and oxygen atoms in total. The van der Waals surface area contributed by atoms with E-state index in [1.54, 1.807) is 7.05 Å². The number of nitrogens with two attached hydrogens (primary N) is 1. The number of nitrogens with zero attached hydrogens (tertiary/aromatic N) is 2. The van der Waals surface area contributed by atoms with Gasteiger partial charge in [0.1, 0.15) is 0 Å². The van der Waals surface area contributed by atoms with E-state index in [0.29, 0.717) is 32.7 Å². The van der Waals surface area contributed by atoms with E-state index >= 15 is 0 Å². The highest BCUT2D eigenvalue weighted by atomic mass is 16.5. The zero-order valence-corrected chi connectivity index (χ0v) is 12.0. The van der Waals surface area contributed by atoms with Crippen LogP contribution in [0.2, 0.25) is 0 Å². The summed E-state index contributed by atoms with van der Waals surface area (Å²) in [4.78, 5) is 15.6. The fourth-order valence-corrected chi connectivity index (χ4v) is 2.26. The van der Waals surface area contributed by atoms with Crippen LogP contribution in [0.15, 0.2) is 0 Å². The maximum Gasteiger partial charge on any atom is 0.239 e. The molecule has 1 aliphatic heterocycles. The molecule has 1 amide bonds. The van der Waals surface area contributed by atoms with Crippen molar-refractivity contribution in [2.75, 3.05) is 46.4 Å². The van der Waals surface area contributed by atoms with Crippen molar-refractivity contribution in [2.45, 2.75) is 31.9 Å². The van der Waals surface area contributed by atoms with Crippen LogP contribution in [-0.2, 0) is 9.53 Å². The third-order valence-corrected chi connectivity index (χ3v) is 3.35. The second-order valence-corrected chi connectivity index (χ2v) is 5.18. The summed E-state index contributed by atoms with van der Waals surface area (Å²) >= 11 is 0. The number of β-amino-alcohol motifs (C(OH)–C–C–N with tert-alkyl or cyclic N) is 1. The lowest BCUT2D eigenvalue weighted by atomic mass is 10.1. The Hall–Kier alpha value is -0.690. The SMILES string of the molecule is CCCC(N)C(=O)N(C)CC(O)CN1CCOCC1. The molecule has 6 heteroatoms. The molecular formula is C13H27N3O3. The Morgan fingerprint density at radius 2 is 2.11 bits per heavy atom. The molecule has 3 N–H and O–H groups in total. The van der Waals surface area contributed by atoms with Gasteiger partial charge in [0.05, 0.1) is 25.4 Å². The van der Waals surface area contributed by atoms with Gasteiger partial charge in [-0.05, 0) is 6.42 Å². The van der Waals surface area contributed by atoms with Crippen LogP contribution in [0.3, 0.4) is 0 Å². The van der Waals surface area contributed by atoms with Gasteiger partial charge < -0.3 is 20.5 Å². The molecule has 1 fully saturated rings. The van der Waals surface area contributed by atoms with Gasteiger partial charge in [-0.25, -0.2) is 0 Å². The van der Waals surface area contributed by atoms with E-state index < -0.39 is 12.1 Å². The van der Waals surface area contributed by atoms with Gasteiger partial charge in [0.2, 0.25) is 5.91 Å². The van der Waals surface area contributed by atoms with E-state index in [1.807, 2.05) is 6.92 Å². The highest BCUT2D eigenvalue weighted by molar-refractivity contribution is 5.81. The lowest BCUT2D eigenvalue weighted by molar-refractivity contribution is -0.133. The number of carbonyl (C=O) groups is 1. The number of likely N-dealkylation sites (N-methyl/N-ethyl adjacent to an activating group) is 1. The van der Waals surface area contributed by atoms with Crippen molar-refractivity contribution in [3.63, 3.8) is 0 Å². The molecular weight excluding hydrogens is 246 g/mol. The molecule has 0 aromatic heterocycles. The normalized spacial score (nSPS) is 20.0. The molecule has 0 spiro atoms. The summed E-state index contributed by atoms with van der Waals surface area (Å²) in [7, 11) is 1.69. The molecule has 2 atom stereocenters. The first-order chi connectivity index (χ1) is 9.04. The number of hydrogen-bond acceptors (Lipinski definition) is 5. The van der Waals surface area contributed by atoms with Crippen molar-refractivity contribution < 1.29 is 14.6 Å². The Morgan fingerprint density at radius 3 is 2.68 bits per heavy atom. The Kier molecular flexibility index (Phi) is 7.30. The van der Waals surface area contributed by atoms with Crippen LogP contribution in [0.25, 0.3) is 0 Å². The van der Waals surface area contributed by atoms with Crippen molar-refractivity contribution in [2.24, 2.45) is 5.73 Å². The number of aliphatic hydroxyl groups excluding tert-OH is 1. The third kappa shape index (κ3) is 5.86. The smallest absolute Gasteiger partial charge is 0.239 e. The summed E-state index contributed by atoms with van der Waals surface area (Å²) < 4.78 is 5.25. The van der Waals surface area contributed by atoms with Crippen molar-refractivity contribution in [3.8, 4) is 0 Å². The van der Waals surface area contributed by atoms with Gasteiger partial charge in [-0.2, -0.15) is 0 Å². The first kappa shape index (κ1) is 16.4. The number of ether oxygens (including phenoxy) is 1. The van der Waals surface area contributed by atoms with E-state index in [1.165, 1.54) is 4.90 Å². The van der Waals surface area contributed by atoms with E-state index in [-0.39, 0.29) is 5.91 Å². The predicted molar refractivity (Wildman–Crippen MR) is 73.8 cm³/mol. The van der Waals surface area contributed by atoms with Crippen molar-refractivity contribution in [1.29, 1.82) is 0 Å². The Bertz CT molecular complexity index is 270. The van der Waals surface area contributed by atoms with Gasteiger partial charge >= 0.3 is 0 Å². The van der Waals surface area contributed by atoms with E-state index in [2.05, 4.69) is 4.90 Å². The van der Waals surface area contributed by atoms with E-state index in [9.17, 15) is 9.90 Å². The molecule has 19 heavy (non-hydrogen) atoms. The number of amides is 1. The first-order valence-corrected chi connectivity index (χ1v) is 7.03. The van der Waals surface area contributed by atoms with E-state index in [4.69, 9.17) is 10.5 Å². The molecule has 0 radical (unpaired) electrons. The fraction of sp³-hybridized carbons (Fsp3) is 0.923. The Morgan fingerprint density at radius 1 is 1.47 bits per heavy atom. The number of aliphatic hydroxyl groups is 1. The van der Waals surface area contributed by atoms with E-state index in [0.717, 1.165) is 19.5 Å². The number of hydrogen-bond donors (Lipinski definition) is 2. The zero-order valence-electron chi connectivity index (χ0n) is 12.0. The lowest BCUT2D eigenvalue weighted by Crippen LogP contribution is -2.48. The van der Waals surface area contributed by atoms with Crippen molar-refractivity contribution in [1.82, 2.24) is 9.80 Å². The predicted octanol–water partition coefficient (Wildman–Crippen LogP) is -0.735. The largest absolute Gasteiger partial charge is 0.390 e. The molecule has 1 saturated heterocycles. The summed E-state index contributed by atoms with van der Waals surface area (Å²) in [5.74, 6) is -0.0946. The summed E-state index contributed by atoms with van der Waals surface area (Å²) in [6.07, 6.45) is 1.03. The van der Waals surface area contributed by atoms with Gasteiger partial charge in [-0.3, -0.25) is 9.69 Å². The second kappa shape index (κ2) is 8.47. The second-order valence-electron chi connectivity index (χ2n) is 5.18. The quantitative estimate of drug-likeness (QED) is 0.639. The van der Waals surface area contributed by atoms with Gasteiger partial charge in [0.15, 0.2) is 0 Å². The number of carbonyl (C=O) groups excluding carboxylic acids is 1. The average molecular weight is 273 g/mol. The van der Waals surface area contributed by atoms with Crippen LogP contribution >= 0.6 is 0 Å². The summed E-state index contributed by atoms with van der Waals surface area (Å²) in [6, 6.07) is -0.453. The molecule has 1 rings (SSSR count). The minimum atomic E-state index is -0.541. The monoisotopic (exact) mass is 273 g/mol. The highest BCUT2D eigenvalue weighted by Crippen LogP contribution is 2.02. The van der Waals surface area contributed by atoms with Crippen LogP contribution in [0, 0.1) is 0 Å². The fourth-order valence-electron chi connectivity index (χ4n) is 2.26.